The second-order valence-electron chi connectivity index (χ2n) is 5.45. The third-order valence-corrected chi connectivity index (χ3v) is 4.06. The van der Waals surface area contributed by atoms with Crippen molar-refractivity contribution in [2.24, 2.45) is 5.92 Å². The first-order valence-electron chi connectivity index (χ1n) is 7.69. The number of rotatable bonds is 5. The number of aromatic amines is 1. The number of hydrogen-bond acceptors (Lipinski definition) is 4. The maximum Gasteiger partial charge on any atom is 0.287 e. The molecule has 1 aliphatic heterocycles. The van der Waals surface area contributed by atoms with Crippen LogP contribution >= 0.6 is 0 Å². The molecule has 22 heavy (non-hydrogen) atoms. The van der Waals surface area contributed by atoms with Crippen LogP contribution in [-0.4, -0.2) is 38.8 Å². The van der Waals surface area contributed by atoms with E-state index < -0.39 is 0 Å². The molecule has 0 aliphatic carbocycles. The number of carbonyl (C=O) groups excluding carboxylic acids is 1. The fraction of sp³-hybridized carbons (Fsp3) is 0.533. The summed E-state index contributed by atoms with van der Waals surface area (Å²) in [5, 5.41) is 9.94. The summed E-state index contributed by atoms with van der Waals surface area (Å²) in [6.07, 6.45) is 7.17. The highest BCUT2D eigenvalue weighted by molar-refractivity contribution is 5.90. The van der Waals surface area contributed by atoms with Crippen molar-refractivity contribution in [3.05, 3.63) is 36.2 Å². The van der Waals surface area contributed by atoms with Crippen LogP contribution in [0.3, 0.4) is 0 Å². The van der Waals surface area contributed by atoms with Gasteiger partial charge in [0.25, 0.3) is 5.91 Å². The minimum absolute atomic E-state index is 0.0394. The lowest BCUT2D eigenvalue weighted by Crippen LogP contribution is -2.36. The SMILES string of the molecule is CCn1ccnc1C(=O)NC[C@@H]1CCCO[C@H]1c1ccn[nH]1. The number of carbonyl (C=O) groups is 1. The average Bonchev–Trinajstić information content (AvgIpc) is 3.23. The van der Waals surface area contributed by atoms with Gasteiger partial charge in [-0.05, 0) is 25.8 Å². The highest BCUT2D eigenvalue weighted by atomic mass is 16.5. The van der Waals surface area contributed by atoms with E-state index in [9.17, 15) is 4.79 Å². The molecule has 2 atom stereocenters. The molecule has 3 rings (SSSR count). The first kappa shape index (κ1) is 14.8. The summed E-state index contributed by atoms with van der Waals surface area (Å²) in [4.78, 5) is 16.4. The monoisotopic (exact) mass is 303 g/mol. The number of amides is 1. The number of imidazole rings is 1. The summed E-state index contributed by atoms with van der Waals surface area (Å²) in [6.45, 7) is 4.03. The number of aromatic nitrogens is 4. The normalized spacial score (nSPS) is 21.7. The Morgan fingerprint density at radius 2 is 2.45 bits per heavy atom. The smallest absolute Gasteiger partial charge is 0.287 e. The Morgan fingerprint density at radius 3 is 3.23 bits per heavy atom. The molecular formula is C15H21N5O2. The fourth-order valence-corrected chi connectivity index (χ4v) is 2.90. The number of nitrogens with zero attached hydrogens (tertiary/aromatic N) is 3. The minimum atomic E-state index is -0.138. The molecule has 1 aliphatic rings. The Hall–Kier alpha value is -2.15. The van der Waals surface area contributed by atoms with Gasteiger partial charge < -0.3 is 14.6 Å². The summed E-state index contributed by atoms with van der Waals surface area (Å²) in [7, 11) is 0. The van der Waals surface area contributed by atoms with Gasteiger partial charge in [0, 0.05) is 44.2 Å². The molecule has 7 nitrogen and oxygen atoms in total. The highest BCUT2D eigenvalue weighted by Crippen LogP contribution is 2.31. The topological polar surface area (TPSA) is 84.8 Å². The van der Waals surface area contributed by atoms with Crippen LogP contribution in [0.1, 0.15) is 42.2 Å². The maximum absolute atomic E-state index is 12.3. The molecule has 0 bridgehead atoms. The van der Waals surface area contributed by atoms with Crippen LogP contribution in [0.25, 0.3) is 0 Å². The van der Waals surface area contributed by atoms with E-state index >= 15 is 0 Å². The van der Waals surface area contributed by atoms with E-state index in [4.69, 9.17) is 4.74 Å². The van der Waals surface area contributed by atoms with E-state index in [0.29, 0.717) is 12.4 Å². The number of nitrogens with one attached hydrogen (secondary N) is 2. The minimum Gasteiger partial charge on any atom is -0.372 e. The Labute approximate surface area is 129 Å². The Kier molecular flexibility index (Phi) is 4.53. The first-order valence-corrected chi connectivity index (χ1v) is 7.69. The average molecular weight is 303 g/mol. The van der Waals surface area contributed by atoms with E-state index in [-0.39, 0.29) is 17.9 Å². The lowest BCUT2D eigenvalue weighted by molar-refractivity contribution is -0.0297. The van der Waals surface area contributed by atoms with Crippen molar-refractivity contribution in [2.75, 3.05) is 13.2 Å². The predicted molar refractivity (Wildman–Crippen MR) is 80.2 cm³/mol. The van der Waals surface area contributed by atoms with Crippen molar-refractivity contribution in [1.82, 2.24) is 25.1 Å². The second-order valence-corrected chi connectivity index (χ2v) is 5.45. The zero-order chi connectivity index (χ0) is 15.4. The first-order chi connectivity index (χ1) is 10.8. The van der Waals surface area contributed by atoms with Crippen LogP contribution < -0.4 is 5.32 Å². The fourth-order valence-electron chi connectivity index (χ4n) is 2.90. The zero-order valence-corrected chi connectivity index (χ0v) is 12.7. The Morgan fingerprint density at radius 1 is 1.55 bits per heavy atom. The van der Waals surface area contributed by atoms with Gasteiger partial charge in [-0.3, -0.25) is 9.89 Å². The third kappa shape index (κ3) is 3.04. The summed E-state index contributed by atoms with van der Waals surface area (Å²) >= 11 is 0. The van der Waals surface area contributed by atoms with Gasteiger partial charge in [0.2, 0.25) is 0 Å². The van der Waals surface area contributed by atoms with E-state index in [1.165, 1.54) is 0 Å². The van der Waals surface area contributed by atoms with E-state index in [1.807, 2.05) is 23.8 Å². The van der Waals surface area contributed by atoms with Crippen LogP contribution in [0.5, 0.6) is 0 Å². The van der Waals surface area contributed by atoms with Gasteiger partial charge in [-0.25, -0.2) is 4.98 Å². The standard InChI is InChI=1S/C15H21N5O2/c1-2-20-8-7-16-14(20)15(21)17-10-11-4-3-9-22-13(11)12-5-6-18-19-12/h5-8,11,13H,2-4,9-10H2,1H3,(H,17,21)(H,18,19)/t11-,13+/m0/s1. The van der Waals surface area contributed by atoms with Gasteiger partial charge in [0.15, 0.2) is 5.82 Å². The van der Waals surface area contributed by atoms with E-state index in [1.54, 1.807) is 12.4 Å². The summed E-state index contributed by atoms with van der Waals surface area (Å²) in [5.41, 5.74) is 0.967. The molecule has 2 N–H and O–H groups in total. The maximum atomic E-state index is 12.3. The van der Waals surface area contributed by atoms with Crippen molar-refractivity contribution in [3.63, 3.8) is 0 Å². The van der Waals surface area contributed by atoms with Gasteiger partial charge >= 0.3 is 0 Å². The van der Waals surface area contributed by atoms with Crippen molar-refractivity contribution in [1.29, 1.82) is 0 Å². The van der Waals surface area contributed by atoms with Crippen molar-refractivity contribution >= 4 is 5.91 Å². The molecule has 0 saturated carbocycles. The molecule has 3 heterocycles. The van der Waals surface area contributed by atoms with Crippen LogP contribution in [-0.2, 0) is 11.3 Å². The number of aryl methyl sites for hydroxylation is 1. The Bertz CT molecular complexity index is 607. The molecule has 0 aromatic carbocycles. The third-order valence-electron chi connectivity index (χ3n) is 4.06. The quantitative estimate of drug-likeness (QED) is 0.877. The zero-order valence-electron chi connectivity index (χ0n) is 12.7. The van der Waals surface area contributed by atoms with Gasteiger partial charge in [0.05, 0.1) is 5.69 Å². The molecule has 0 radical (unpaired) electrons. The van der Waals surface area contributed by atoms with Crippen molar-refractivity contribution in [3.8, 4) is 0 Å². The molecule has 0 unspecified atom stereocenters. The van der Waals surface area contributed by atoms with Crippen molar-refractivity contribution in [2.45, 2.75) is 32.4 Å². The van der Waals surface area contributed by atoms with Crippen LogP contribution in [0.2, 0.25) is 0 Å². The summed E-state index contributed by atoms with van der Waals surface area (Å²) in [6, 6.07) is 1.93. The van der Waals surface area contributed by atoms with E-state index in [0.717, 1.165) is 31.7 Å². The highest BCUT2D eigenvalue weighted by Gasteiger charge is 2.29. The lowest BCUT2D eigenvalue weighted by Gasteiger charge is -2.31. The van der Waals surface area contributed by atoms with E-state index in [2.05, 4.69) is 20.5 Å². The molecule has 1 amide bonds. The molecule has 1 fully saturated rings. The molecule has 1 saturated heterocycles. The molecule has 7 heteroatoms. The summed E-state index contributed by atoms with van der Waals surface area (Å²) in [5.74, 6) is 0.557. The number of H-pyrrole nitrogens is 1. The lowest BCUT2D eigenvalue weighted by atomic mass is 9.92. The molecular weight excluding hydrogens is 282 g/mol. The van der Waals surface area contributed by atoms with Crippen LogP contribution in [0, 0.1) is 5.92 Å². The molecule has 0 spiro atoms. The molecule has 118 valence electrons. The molecule has 2 aromatic heterocycles. The summed E-state index contributed by atoms with van der Waals surface area (Å²) < 4.78 is 7.69. The molecule has 2 aromatic rings. The van der Waals surface area contributed by atoms with Gasteiger partial charge in [-0.1, -0.05) is 0 Å². The van der Waals surface area contributed by atoms with Crippen LogP contribution in [0.4, 0.5) is 0 Å². The number of ether oxygens (including phenoxy) is 1. The Balaban J connectivity index is 1.63. The van der Waals surface area contributed by atoms with Gasteiger partial charge in [0.1, 0.15) is 6.10 Å². The van der Waals surface area contributed by atoms with Gasteiger partial charge in [-0.15, -0.1) is 0 Å². The number of hydrogen-bond donors (Lipinski definition) is 2. The largest absolute Gasteiger partial charge is 0.372 e. The second kappa shape index (κ2) is 6.74. The predicted octanol–water partition coefficient (Wildman–Crippen LogP) is 1.52. The van der Waals surface area contributed by atoms with Crippen molar-refractivity contribution < 1.29 is 9.53 Å². The van der Waals surface area contributed by atoms with Gasteiger partial charge in [-0.2, -0.15) is 5.10 Å². The van der Waals surface area contributed by atoms with Crippen LogP contribution in [0.15, 0.2) is 24.7 Å².